The number of rotatable bonds is 5. The van der Waals surface area contributed by atoms with Crippen LogP contribution < -0.4 is 10.0 Å². The quantitative estimate of drug-likeness (QED) is 0.450. The summed E-state index contributed by atoms with van der Waals surface area (Å²) in [5, 5.41) is 4.19. The highest BCUT2D eigenvalue weighted by molar-refractivity contribution is 7.92. The number of halogens is 1. The van der Waals surface area contributed by atoms with Crippen molar-refractivity contribution in [2.24, 2.45) is 0 Å². The van der Waals surface area contributed by atoms with Crippen LogP contribution in [-0.2, 0) is 16.4 Å². The van der Waals surface area contributed by atoms with E-state index in [-0.39, 0.29) is 10.9 Å². The molecule has 156 valence electrons. The number of sulfonamides is 1. The van der Waals surface area contributed by atoms with Crippen LogP contribution in [0, 0.1) is 5.82 Å². The van der Waals surface area contributed by atoms with E-state index in [0.29, 0.717) is 16.6 Å². The molecule has 0 unspecified atom stereocenters. The van der Waals surface area contributed by atoms with Crippen molar-refractivity contribution in [3.05, 3.63) is 95.8 Å². The Balaban J connectivity index is 1.42. The van der Waals surface area contributed by atoms with Gasteiger partial charge in [-0.2, -0.15) is 0 Å². The molecule has 4 aromatic rings. The summed E-state index contributed by atoms with van der Waals surface area (Å²) in [6, 6.07) is 22.3. The molecule has 0 fully saturated rings. The Morgan fingerprint density at radius 3 is 2.55 bits per heavy atom. The minimum atomic E-state index is -3.84. The number of anilines is 2. The Labute approximate surface area is 180 Å². The molecule has 3 aromatic carbocycles. The van der Waals surface area contributed by atoms with Crippen molar-refractivity contribution >= 4 is 32.4 Å². The van der Waals surface area contributed by atoms with Crippen molar-refractivity contribution in [2.75, 3.05) is 10.0 Å². The highest BCUT2D eigenvalue weighted by Gasteiger charge is 2.22. The van der Waals surface area contributed by atoms with Crippen LogP contribution >= 0.6 is 0 Å². The van der Waals surface area contributed by atoms with Crippen LogP contribution in [0.1, 0.15) is 23.6 Å². The summed E-state index contributed by atoms with van der Waals surface area (Å²) in [4.78, 5) is 4.69. The summed E-state index contributed by atoms with van der Waals surface area (Å²) in [7, 11) is -3.84. The van der Waals surface area contributed by atoms with Gasteiger partial charge < -0.3 is 5.32 Å². The number of pyridine rings is 1. The van der Waals surface area contributed by atoms with Crippen LogP contribution in [0.4, 0.5) is 15.9 Å². The zero-order valence-corrected chi connectivity index (χ0v) is 17.4. The molecule has 1 aliphatic rings. The fraction of sp³-hybridized carbons (Fsp3) is 0.125. The van der Waals surface area contributed by atoms with E-state index < -0.39 is 15.8 Å². The molecular formula is C24H20FN3O2S. The minimum Gasteiger partial charge on any atom is -0.363 e. The number of aromatic nitrogens is 1. The van der Waals surface area contributed by atoms with Gasteiger partial charge in [0.15, 0.2) is 0 Å². The van der Waals surface area contributed by atoms with Crippen molar-refractivity contribution in [1.82, 2.24) is 4.98 Å². The second kappa shape index (κ2) is 7.67. The first-order valence-electron chi connectivity index (χ1n) is 10.0. The van der Waals surface area contributed by atoms with Gasteiger partial charge in [0.05, 0.1) is 22.1 Å². The summed E-state index contributed by atoms with van der Waals surface area (Å²) in [5.74, 6) is 0.256. The van der Waals surface area contributed by atoms with Gasteiger partial charge in [0.25, 0.3) is 10.0 Å². The molecule has 0 aliphatic heterocycles. The third-order valence-electron chi connectivity index (χ3n) is 5.56. The molecule has 0 spiro atoms. The highest BCUT2D eigenvalue weighted by Crippen LogP contribution is 2.34. The lowest BCUT2D eigenvalue weighted by molar-refractivity contribution is 0.599. The van der Waals surface area contributed by atoms with Crippen molar-refractivity contribution in [2.45, 2.75) is 23.8 Å². The predicted octanol–water partition coefficient (Wildman–Crippen LogP) is 5.27. The van der Waals surface area contributed by atoms with E-state index in [1.54, 1.807) is 12.1 Å². The van der Waals surface area contributed by atoms with E-state index in [1.165, 1.54) is 23.3 Å². The lowest BCUT2D eigenvalue weighted by Crippen LogP contribution is -2.13. The summed E-state index contributed by atoms with van der Waals surface area (Å²) in [6.07, 6.45) is 2.05. The maximum Gasteiger partial charge on any atom is 0.261 e. The Morgan fingerprint density at radius 2 is 1.71 bits per heavy atom. The summed E-state index contributed by atoms with van der Waals surface area (Å²) in [6.45, 7) is 0. The Hall–Kier alpha value is -3.45. The summed E-state index contributed by atoms with van der Waals surface area (Å²) >= 11 is 0. The third-order valence-corrected chi connectivity index (χ3v) is 6.94. The topological polar surface area (TPSA) is 71.1 Å². The fourth-order valence-electron chi connectivity index (χ4n) is 4.03. The summed E-state index contributed by atoms with van der Waals surface area (Å²) < 4.78 is 41.1. The lowest BCUT2D eigenvalue weighted by atomic mass is 10.1. The van der Waals surface area contributed by atoms with Crippen LogP contribution in [-0.4, -0.2) is 13.4 Å². The first-order chi connectivity index (χ1) is 15.0. The lowest BCUT2D eigenvalue weighted by Gasteiger charge is -2.16. The van der Waals surface area contributed by atoms with Crippen LogP contribution in [0.5, 0.6) is 0 Å². The molecule has 1 aromatic heterocycles. The molecule has 1 atom stereocenters. The minimum absolute atomic E-state index is 0.00273. The van der Waals surface area contributed by atoms with E-state index >= 15 is 0 Å². The van der Waals surface area contributed by atoms with Crippen LogP contribution in [0.25, 0.3) is 10.9 Å². The number of hydrogen-bond donors (Lipinski definition) is 2. The average Bonchev–Trinajstić information content (AvgIpc) is 3.17. The molecule has 31 heavy (non-hydrogen) atoms. The average molecular weight is 434 g/mol. The molecule has 1 aliphatic carbocycles. The Morgan fingerprint density at radius 1 is 0.903 bits per heavy atom. The van der Waals surface area contributed by atoms with Crippen LogP contribution in [0.2, 0.25) is 0 Å². The largest absolute Gasteiger partial charge is 0.363 e. The Kier molecular flexibility index (Phi) is 4.82. The van der Waals surface area contributed by atoms with Crippen LogP contribution in [0.3, 0.4) is 0 Å². The molecular weight excluding hydrogens is 413 g/mol. The zero-order valence-electron chi connectivity index (χ0n) is 16.5. The van der Waals surface area contributed by atoms with Gasteiger partial charge in [-0.1, -0.05) is 30.3 Å². The Bertz CT molecular complexity index is 1370. The molecule has 5 rings (SSSR count). The van der Waals surface area contributed by atoms with E-state index in [2.05, 4.69) is 28.2 Å². The smallest absolute Gasteiger partial charge is 0.261 e. The second-order valence-corrected chi connectivity index (χ2v) is 9.24. The molecule has 0 radical (unpaired) electrons. The molecule has 1 heterocycles. The first kappa shape index (κ1) is 19.5. The van der Waals surface area contributed by atoms with Gasteiger partial charge in [0.2, 0.25) is 0 Å². The second-order valence-electron chi connectivity index (χ2n) is 7.56. The van der Waals surface area contributed by atoms with Gasteiger partial charge in [0.1, 0.15) is 11.6 Å². The molecule has 0 amide bonds. The summed E-state index contributed by atoms with van der Waals surface area (Å²) in [5.41, 5.74) is 3.76. The number of fused-ring (bicyclic) bond motifs is 2. The van der Waals surface area contributed by atoms with Gasteiger partial charge in [0, 0.05) is 5.39 Å². The number of aryl methyl sites for hydroxylation is 1. The van der Waals surface area contributed by atoms with Crippen molar-refractivity contribution in [1.29, 1.82) is 0 Å². The normalized spacial score (nSPS) is 15.6. The van der Waals surface area contributed by atoms with Crippen LogP contribution in [0.15, 0.2) is 83.8 Å². The molecule has 7 heteroatoms. The molecule has 0 bridgehead atoms. The van der Waals surface area contributed by atoms with Crippen molar-refractivity contribution in [3.8, 4) is 0 Å². The van der Waals surface area contributed by atoms with Gasteiger partial charge in [-0.15, -0.1) is 0 Å². The van der Waals surface area contributed by atoms with E-state index in [9.17, 15) is 12.8 Å². The predicted molar refractivity (Wildman–Crippen MR) is 120 cm³/mol. The van der Waals surface area contributed by atoms with Gasteiger partial charge in [-0.05, 0) is 72.5 Å². The first-order valence-corrected chi connectivity index (χ1v) is 11.5. The molecule has 2 N–H and O–H groups in total. The standard InChI is InChI=1S/C24H20FN3O2S/c25-17-9-11-18(12-10-17)31(29,30)28-23-7-3-6-21-20(23)13-15-24(26-21)27-22-14-8-16-4-1-2-5-19(16)22/h1-7,9-13,15,22,28H,8,14H2,(H,26,27)/t22-/m1/s1. The molecule has 0 saturated carbocycles. The zero-order chi connectivity index (χ0) is 21.4. The maximum atomic E-state index is 13.1. The van der Waals surface area contributed by atoms with Gasteiger partial charge in [-0.3, -0.25) is 4.72 Å². The van der Waals surface area contributed by atoms with Crippen molar-refractivity contribution < 1.29 is 12.8 Å². The third kappa shape index (κ3) is 3.84. The number of benzene rings is 3. The van der Waals surface area contributed by atoms with Gasteiger partial charge >= 0.3 is 0 Å². The number of nitrogens with zero attached hydrogens (tertiary/aromatic N) is 1. The van der Waals surface area contributed by atoms with E-state index in [1.807, 2.05) is 24.3 Å². The van der Waals surface area contributed by atoms with Gasteiger partial charge in [-0.25, -0.2) is 17.8 Å². The SMILES string of the molecule is O=S(=O)(Nc1cccc2nc(N[C@@H]3CCc4ccccc43)ccc12)c1ccc(F)cc1. The van der Waals surface area contributed by atoms with Crippen molar-refractivity contribution in [3.63, 3.8) is 0 Å². The highest BCUT2D eigenvalue weighted by atomic mass is 32.2. The fourth-order valence-corrected chi connectivity index (χ4v) is 5.11. The molecule has 0 saturated heterocycles. The monoisotopic (exact) mass is 433 g/mol. The number of nitrogens with one attached hydrogen (secondary N) is 2. The maximum absolute atomic E-state index is 13.1. The van der Waals surface area contributed by atoms with E-state index in [4.69, 9.17) is 4.98 Å². The number of hydrogen-bond acceptors (Lipinski definition) is 4. The van der Waals surface area contributed by atoms with E-state index in [0.717, 1.165) is 30.8 Å². The molecule has 5 nitrogen and oxygen atoms in total.